The largest absolute Gasteiger partial charge is 0.384 e. The van der Waals surface area contributed by atoms with Crippen molar-refractivity contribution in [3.8, 4) is 0 Å². The lowest BCUT2D eigenvalue weighted by atomic mass is 10.2. The fraction of sp³-hybridized carbons (Fsp3) is 0.500. The maximum atomic E-state index is 11.6. The fourth-order valence-corrected chi connectivity index (χ4v) is 2.64. The molecule has 0 saturated carbocycles. The highest BCUT2D eigenvalue weighted by Gasteiger charge is 2.26. The molecule has 1 aromatic rings. The zero-order valence-corrected chi connectivity index (χ0v) is 12.4. The van der Waals surface area contributed by atoms with Gasteiger partial charge in [-0.3, -0.25) is 10.1 Å². The maximum Gasteiger partial charge on any atom is 0.310 e. The number of nitrogens with zero attached hydrogens (tertiary/aromatic N) is 1. The van der Waals surface area contributed by atoms with E-state index in [-0.39, 0.29) is 16.5 Å². The number of para-hydroxylation sites is 1. The van der Waals surface area contributed by atoms with Crippen LogP contribution in [0.3, 0.4) is 0 Å². The highest BCUT2D eigenvalue weighted by atomic mass is 32.2. The van der Waals surface area contributed by atoms with Gasteiger partial charge in [0.05, 0.1) is 11.5 Å². The van der Waals surface area contributed by atoms with Gasteiger partial charge < -0.3 is 10.1 Å². The molecule has 8 heteroatoms. The van der Waals surface area contributed by atoms with Gasteiger partial charge in [-0.05, 0) is 18.1 Å². The minimum absolute atomic E-state index is 0.140. The van der Waals surface area contributed by atoms with Crippen molar-refractivity contribution >= 4 is 21.2 Å². The molecule has 0 bridgehead atoms. The number of nitrogens with one attached hydrogen (secondary N) is 1. The minimum Gasteiger partial charge on any atom is -0.384 e. The zero-order valence-electron chi connectivity index (χ0n) is 11.6. The molecule has 1 atom stereocenters. The molecule has 1 N–H and O–H groups in total. The molecule has 0 aromatic heterocycles. The average Bonchev–Trinajstić information content (AvgIpc) is 2.35. The molecular weight excluding hydrogens is 284 g/mol. The lowest BCUT2D eigenvalue weighted by Gasteiger charge is -2.13. The summed E-state index contributed by atoms with van der Waals surface area (Å²) in [5, 5.41) is 14.0. The van der Waals surface area contributed by atoms with Crippen LogP contribution in [0.25, 0.3) is 0 Å². The van der Waals surface area contributed by atoms with Crippen LogP contribution in [-0.2, 0) is 14.6 Å². The number of benzene rings is 1. The Morgan fingerprint density at radius 1 is 1.45 bits per heavy atom. The van der Waals surface area contributed by atoms with E-state index in [9.17, 15) is 18.5 Å². The fourth-order valence-electron chi connectivity index (χ4n) is 1.78. The quantitative estimate of drug-likeness (QED) is 0.608. The second-order valence-corrected chi connectivity index (χ2v) is 6.61. The van der Waals surface area contributed by atoms with E-state index in [1.54, 1.807) is 7.11 Å². The van der Waals surface area contributed by atoms with E-state index in [4.69, 9.17) is 4.74 Å². The molecule has 20 heavy (non-hydrogen) atoms. The number of hydrogen-bond acceptors (Lipinski definition) is 6. The summed E-state index contributed by atoms with van der Waals surface area (Å²) in [6.45, 7) is 2.87. The van der Waals surface area contributed by atoms with Gasteiger partial charge >= 0.3 is 5.69 Å². The van der Waals surface area contributed by atoms with E-state index in [0.29, 0.717) is 13.2 Å². The highest BCUT2D eigenvalue weighted by molar-refractivity contribution is 7.90. The lowest BCUT2D eigenvalue weighted by Crippen LogP contribution is -2.17. The van der Waals surface area contributed by atoms with Crippen LogP contribution in [0.4, 0.5) is 11.4 Å². The van der Waals surface area contributed by atoms with Crippen LogP contribution in [0.2, 0.25) is 0 Å². The number of nitro benzene ring substituents is 1. The maximum absolute atomic E-state index is 11.6. The molecule has 0 radical (unpaired) electrons. The number of rotatable bonds is 7. The molecule has 1 unspecified atom stereocenters. The van der Waals surface area contributed by atoms with Gasteiger partial charge in [0.25, 0.3) is 0 Å². The summed E-state index contributed by atoms with van der Waals surface area (Å²) in [4.78, 5) is 10.2. The van der Waals surface area contributed by atoms with E-state index in [1.807, 2.05) is 6.92 Å². The standard InChI is InChI=1S/C12H18N2O5S/c1-9(8-19-2)7-13-10-5-4-6-11(20(3,17)18)12(10)14(15)16/h4-6,9,13H,7-8H2,1-3H3. The van der Waals surface area contributed by atoms with Gasteiger partial charge in [-0.15, -0.1) is 0 Å². The van der Waals surface area contributed by atoms with Crippen LogP contribution in [0.5, 0.6) is 0 Å². The summed E-state index contributed by atoms with van der Waals surface area (Å²) in [7, 11) is -2.08. The number of ether oxygens (including phenoxy) is 1. The molecule has 0 aliphatic rings. The Labute approximate surface area is 118 Å². The van der Waals surface area contributed by atoms with Crippen LogP contribution in [0.15, 0.2) is 23.1 Å². The molecule has 0 aliphatic carbocycles. The average molecular weight is 302 g/mol. The van der Waals surface area contributed by atoms with Crippen molar-refractivity contribution in [3.05, 3.63) is 28.3 Å². The Balaban J connectivity index is 3.11. The Morgan fingerprint density at radius 2 is 2.10 bits per heavy atom. The smallest absolute Gasteiger partial charge is 0.310 e. The van der Waals surface area contributed by atoms with Gasteiger partial charge in [0.15, 0.2) is 9.84 Å². The third-order valence-electron chi connectivity index (χ3n) is 2.67. The van der Waals surface area contributed by atoms with Crippen molar-refractivity contribution in [3.63, 3.8) is 0 Å². The third kappa shape index (κ3) is 4.17. The zero-order chi connectivity index (χ0) is 15.3. The van der Waals surface area contributed by atoms with E-state index >= 15 is 0 Å². The third-order valence-corrected chi connectivity index (χ3v) is 3.80. The molecule has 1 aromatic carbocycles. The van der Waals surface area contributed by atoms with E-state index in [2.05, 4.69) is 5.32 Å². The highest BCUT2D eigenvalue weighted by Crippen LogP contribution is 2.31. The van der Waals surface area contributed by atoms with Crippen molar-refractivity contribution in [1.29, 1.82) is 0 Å². The van der Waals surface area contributed by atoms with E-state index in [1.165, 1.54) is 18.2 Å². The molecular formula is C12H18N2O5S. The molecule has 1 rings (SSSR count). The Hall–Kier alpha value is -1.67. The summed E-state index contributed by atoms with van der Waals surface area (Å²) >= 11 is 0. The summed E-state index contributed by atoms with van der Waals surface area (Å²) in [6, 6.07) is 4.20. The summed E-state index contributed by atoms with van der Waals surface area (Å²) in [6.07, 6.45) is 0.951. The van der Waals surface area contributed by atoms with Gasteiger partial charge in [-0.25, -0.2) is 8.42 Å². The molecule has 7 nitrogen and oxygen atoms in total. The summed E-state index contributed by atoms with van der Waals surface area (Å²) in [5.74, 6) is 0.140. The monoisotopic (exact) mass is 302 g/mol. The first-order valence-corrected chi connectivity index (χ1v) is 7.86. The SMILES string of the molecule is COCC(C)CNc1cccc(S(C)(=O)=O)c1[N+](=O)[O-]. The van der Waals surface area contributed by atoms with Crippen molar-refractivity contribution in [2.24, 2.45) is 5.92 Å². The minimum atomic E-state index is -3.66. The molecule has 0 fully saturated rings. The molecule has 0 heterocycles. The van der Waals surface area contributed by atoms with Crippen molar-refractivity contribution in [2.45, 2.75) is 11.8 Å². The summed E-state index contributed by atoms with van der Waals surface area (Å²) < 4.78 is 28.2. The van der Waals surface area contributed by atoms with Gasteiger partial charge in [0, 0.05) is 19.9 Å². The number of nitro groups is 1. The van der Waals surface area contributed by atoms with Crippen LogP contribution >= 0.6 is 0 Å². The van der Waals surface area contributed by atoms with Crippen LogP contribution in [0.1, 0.15) is 6.92 Å². The molecule has 0 saturated heterocycles. The first-order valence-electron chi connectivity index (χ1n) is 5.97. The Bertz CT molecular complexity index is 586. The van der Waals surface area contributed by atoms with Gasteiger partial charge in [-0.1, -0.05) is 13.0 Å². The van der Waals surface area contributed by atoms with Gasteiger partial charge in [0.1, 0.15) is 10.6 Å². The summed E-state index contributed by atoms with van der Waals surface area (Å²) in [5.41, 5.74) is -0.222. The van der Waals surface area contributed by atoms with Crippen molar-refractivity contribution < 1.29 is 18.1 Å². The predicted octanol–water partition coefficient (Wildman–Crippen LogP) is 1.69. The second-order valence-electron chi connectivity index (χ2n) is 4.62. The normalized spacial score (nSPS) is 12.9. The molecule has 0 amide bonds. The Morgan fingerprint density at radius 3 is 2.60 bits per heavy atom. The van der Waals surface area contributed by atoms with Crippen LogP contribution in [0, 0.1) is 16.0 Å². The second kappa shape index (κ2) is 6.67. The van der Waals surface area contributed by atoms with E-state index in [0.717, 1.165) is 6.26 Å². The molecule has 0 aliphatic heterocycles. The van der Waals surface area contributed by atoms with Crippen LogP contribution < -0.4 is 5.32 Å². The number of sulfone groups is 1. The van der Waals surface area contributed by atoms with Crippen LogP contribution in [-0.4, -0.2) is 39.9 Å². The first-order chi connectivity index (χ1) is 9.27. The molecule has 112 valence electrons. The number of anilines is 1. The van der Waals surface area contributed by atoms with E-state index < -0.39 is 20.4 Å². The Kier molecular flexibility index (Phi) is 5.46. The topological polar surface area (TPSA) is 98.5 Å². The number of methoxy groups -OCH3 is 1. The van der Waals surface area contributed by atoms with Crippen molar-refractivity contribution in [1.82, 2.24) is 0 Å². The molecule has 0 spiro atoms. The predicted molar refractivity (Wildman–Crippen MR) is 75.7 cm³/mol. The van der Waals surface area contributed by atoms with Gasteiger partial charge in [-0.2, -0.15) is 0 Å². The number of hydrogen-bond donors (Lipinski definition) is 1. The van der Waals surface area contributed by atoms with Crippen molar-refractivity contribution in [2.75, 3.05) is 31.8 Å². The first kappa shape index (κ1) is 16.4. The van der Waals surface area contributed by atoms with Gasteiger partial charge in [0.2, 0.25) is 0 Å². The lowest BCUT2D eigenvalue weighted by molar-refractivity contribution is -0.386.